The highest BCUT2D eigenvalue weighted by Gasteiger charge is 2.25. The van der Waals surface area contributed by atoms with Crippen LogP contribution in [0.2, 0.25) is 0 Å². The van der Waals surface area contributed by atoms with E-state index in [1.807, 2.05) is 0 Å². The van der Waals surface area contributed by atoms with Crippen molar-refractivity contribution in [2.24, 2.45) is 5.10 Å². The predicted molar refractivity (Wildman–Crippen MR) is 117 cm³/mol. The second-order valence-electron chi connectivity index (χ2n) is 6.09. The Balaban J connectivity index is 2.22. The van der Waals surface area contributed by atoms with Crippen molar-refractivity contribution in [1.29, 1.82) is 0 Å². The van der Waals surface area contributed by atoms with E-state index in [0.29, 0.717) is 5.56 Å². The van der Waals surface area contributed by atoms with E-state index >= 15 is 0 Å². The standard InChI is InChI=1S/C19H21N5O6S/c1-3-22(4-2)31(29,30)16-11-12-17(19(14-16)24(27)28)21-20-13-7-9-15-8-5-6-10-18(15)23(25)26/h5-14,21H,3-4H2,1-2H3/b9-7+,20-13-. The van der Waals surface area contributed by atoms with Gasteiger partial charge in [-0.1, -0.05) is 26.0 Å². The Kier molecular flexibility index (Phi) is 7.94. The van der Waals surface area contributed by atoms with Gasteiger partial charge in [-0.15, -0.1) is 0 Å². The van der Waals surface area contributed by atoms with Gasteiger partial charge in [-0.2, -0.15) is 9.41 Å². The van der Waals surface area contributed by atoms with Crippen molar-refractivity contribution < 1.29 is 18.3 Å². The molecule has 2 aromatic rings. The Morgan fingerprint density at radius 2 is 1.68 bits per heavy atom. The van der Waals surface area contributed by atoms with Gasteiger partial charge in [0.15, 0.2) is 0 Å². The van der Waals surface area contributed by atoms with Crippen molar-refractivity contribution >= 4 is 39.4 Å². The van der Waals surface area contributed by atoms with Gasteiger partial charge in [-0.3, -0.25) is 25.7 Å². The zero-order valence-corrected chi connectivity index (χ0v) is 17.7. The first-order chi connectivity index (χ1) is 14.7. The largest absolute Gasteiger partial charge is 0.295 e. The monoisotopic (exact) mass is 447 g/mol. The first-order valence-corrected chi connectivity index (χ1v) is 10.6. The minimum absolute atomic E-state index is 0.00108. The van der Waals surface area contributed by atoms with Crippen LogP contribution in [-0.2, 0) is 10.0 Å². The fraction of sp³-hybridized carbons (Fsp3) is 0.211. The van der Waals surface area contributed by atoms with E-state index in [2.05, 4.69) is 10.5 Å². The summed E-state index contributed by atoms with van der Waals surface area (Å²) in [4.78, 5) is 21.0. The summed E-state index contributed by atoms with van der Waals surface area (Å²) in [5, 5.41) is 26.2. The molecule has 164 valence electrons. The molecule has 1 N–H and O–H groups in total. The van der Waals surface area contributed by atoms with Crippen LogP contribution in [0, 0.1) is 20.2 Å². The van der Waals surface area contributed by atoms with Gasteiger partial charge in [0, 0.05) is 31.4 Å². The van der Waals surface area contributed by atoms with Gasteiger partial charge in [-0.05, 0) is 30.4 Å². The van der Waals surface area contributed by atoms with E-state index in [-0.39, 0.29) is 29.4 Å². The molecule has 0 unspecified atom stereocenters. The minimum atomic E-state index is -3.85. The molecule has 0 saturated carbocycles. The van der Waals surface area contributed by atoms with Crippen molar-refractivity contribution in [3.8, 4) is 0 Å². The molecule has 0 aliphatic carbocycles. The van der Waals surface area contributed by atoms with Gasteiger partial charge in [0.1, 0.15) is 5.69 Å². The van der Waals surface area contributed by atoms with Crippen molar-refractivity contribution in [3.63, 3.8) is 0 Å². The smallest absolute Gasteiger partial charge is 0.272 e. The number of nitro benzene ring substituents is 2. The van der Waals surface area contributed by atoms with Gasteiger partial charge in [0.05, 0.1) is 20.3 Å². The number of nitro groups is 2. The maximum Gasteiger partial charge on any atom is 0.295 e. The first kappa shape index (κ1) is 23.6. The van der Waals surface area contributed by atoms with Crippen LogP contribution >= 0.6 is 0 Å². The average Bonchev–Trinajstić information content (AvgIpc) is 2.74. The summed E-state index contributed by atoms with van der Waals surface area (Å²) in [6.45, 7) is 3.83. The van der Waals surface area contributed by atoms with Crippen molar-refractivity contribution in [2.75, 3.05) is 18.5 Å². The molecule has 0 aliphatic rings. The van der Waals surface area contributed by atoms with Crippen LogP contribution in [-0.4, -0.2) is 41.9 Å². The Hall–Kier alpha value is -3.64. The Labute approximate surface area is 179 Å². The van der Waals surface area contributed by atoms with Crippen molar-refractivity contribution in [2.45, 2.75) is 18.7 Å². The second-order valence-corrected chi connectivity index (χ2v) is 8.03. The molecule has 0 aliphatic heterocycles. The lowest BCUT2D eigenvalue weighted by Gasteiger charge is -2.18. The number of benzene rings is 2. The van der Waals surface area contributed by atoms with Crippen LogP contribution in [0.4, 0.5) is 17.1 Å². The fourth-order valence-electron chi connectivity index (χ4n) is 2.72. The molecule has 31 heavy (non-hydrogen) atoms. The minimum Gasteiger partial charge on any atom is -0.272 e. The van der Waals surface area contributed by atoms with Crippen LogP contribution in [0.15, 0.2) is 58.5 Å². The number of nitrogens with one attached hydrogen (secondary N) is 1. The van der Waals surface area contributed by atoms with Crippen LogP contribution in [0.3, 0.4) is 0 Å². The van der Waals surface area contributed by atoms with Gasteiger partial charge in [0.25, 0.3) is 11.4 Å². The van der Waals surface area contributed by atoms with Gasteiger partial charge in [-0.25, -0.2) is 8.42 Å². The first-order valence-electron chi connectivity index (χ1n) is 9.20. The van der Waals surface area contributed by atoms with Crippen molar-refractivity contribution in [3.05, 3.63) is 74.3 Å². The molecule has 0 radical (unpaired) electrons. The molecule has 11 nitrogen and oxygen atoms in total. The third-order valence-corrected chi connectivity index (χ3v) is 6.31. The third kappa shape index (κ3) is 5.71. The van der Waals surface area contributed by atoms with Gasteiger partial charge < -0.3 is 0 Å². The zero-order chi connectivity index (χ0) is 23.0. The van der Waals surface area contributed by atoms with Gasteiger partial charge >= 0.3 is 0 Å². The number of hydrogen-bond acceptors (Lipinski definition) is 8. The molecule has 0 spiro atoms. The number of sulfonamides is 1. The summed E-state index contributed by atoms with van der Waals surface area (Å²) in [7, 11) is -3.85. The van der Waals surface area contributed by atoms with Gasteiger partial charge in [0.2, 0.25) is 10.0 Å². The van der Waals surface area contributed by atoms with Crippen LogP contribution < -0.4 is 5.43 Å². The topological polar surface area (TPSA) is 148 Å². The highest BCUT2D eigenvalue weighted by Crippen LogP contribution is 2.29. The Morgan fingerprint density at radius 3 is 2.29 bits per heavy atom. The lowest BCUT2D eigenvalue weighted by molar-refractivity contribution is -0.385. The molecule has 0 atom stereocenters. The molecule has 0 aromatic heterocycles. The molecule has 0 saturated heterocycles. The molecule has 12 heteroatoms. The molecule has 0 heterocycles. The lowest BCUT2D eigenvalue weighted by Crippen LogP contribution is -2.30. The highest BCUT2D eigenvalue weighted by atomic mass is 32.2. The van der Waals surface area contributed by atoms with E-state index in [0.717, 1.165) is 6.07 Å². The maximum atomic E-state index is 12.6. The predicted octanol–water partition coefficient (Wildman–Crippen LogP) is 3.64. The summed E-state index contributed by atoms with van der Waals surface area (Å²) in [5.74, 6) is 0. The summed E-state index contributed by atoms with van der Waals surface area (Å²) in [5.41, 5.74) is 2.34. The number of hydrazone groups is 1. The van der Waals surface area contributed by atoms with Crippen LogP contribution in [0.1, 0.15) is 19.4 Å². The number of allylic oxidation sites excluding steroid dienone is 1. The summed E-state index contributed by atoms with van der Waals surface area (Å²) in [6.07, 6.45) is 4.17. The lowest BCUT2D eigenvalue weighted by atomic mass is 10.2. The highest BCUT2D eigenvalue weighted by molar-refractivity contribution is 7.89. The summed E-state index contributed by atoms with van der Waals surface area (Å²) >= 11 is 0. The summed E-state index contributed by atoms with van der Waals surface area (Å²) < 4.78 is 26.4. The number of nitrogens with zero attached hydrogens (tertiary/aromatic N) is 4. The molecule has 2 aromatic carbocycles. The molecular weight excluding hydrogens is 426 g/mol. The quantitative estimate of drug-likeness (QED) is 0.332. The molecule has 0 amide bonds. The Bertz CT molecular complexity index is 1130. The molecule has 0 fully saturated rings. The number of anilines is 1. The normalized spacial score (nSPS) is 12.0. The third-order valence-electron chi connectivity index (χ3n) is 4.26. The van der Waals surface area contributed by atoms with E-state index in [1.165, 1.54) is 40.9 Å². The van der Waals surface area contributed by atoms with Crippen LogP contribution in [0.5, 0.6) is 0 Å². The number of rotatable bonds is 10. The molecule has 2 rings (SSSR count). The van der Waals surface area contributed by atoms with Crippen LogP contribution in [0.25, 0.3) is 6.08 Å². The second kappa shape index (κ2) is 10.4. The SMILES string of the molecule is CCN(CC)S(=O)(=O)c1ccc(N/N=C\C=C\c2ccccc2[N+](=O)[O-])c([N+](=O)[O-])c1. The zero-order valence-electron chi connectivity index (χ0n) is 16.8. The average molecular weight is 447 g/mol. The molecule has 0 bridgehead atoms. The van der Waals surface area contributed by atoms with E-state index in [4.69, 9.17) is 0 Å². The molecular formula is C19H21N5O6S. The van der Waals surface area contributed by atoms with E-state index in [9.17, 15) is 28.6 Å². The van der Waals surface area contributed by atoms with Crippen molar-refractivity contribution in [1.82, 2.24) is 4.31 Å². The summed E-state index contributed by atoms with van der Waals surface area (Å²) in [6, 6.07) is 9.64. The fourth-order valence-corrected chi connectivity index (χ4v) is 4.20. The number of hydrogen-bond donors (Lipinski definition) is 1. The van der Waals surface area contributed by atoms with E-state index in [1.54, 1.807) is 32.0 Å². The Morgan fingerprint density at radius 1 is 1.03 bits per heavy atom. The van der Waals surface area contributed by atoms with E-state index < -0.39 is 25.6 Å². The maximum absolute atomic E-state index is 12.6. The number of para-hydroxylation sites is 1.